The first-order chi connectivity index (χ1) is 11.2. The van der Waals surface area contributed by atoms with Crippen LogP contribution in [0.3, 0.4) is 0 Å². The van der Waals surface area contributed by atoms with E-state index in [1.807, 2.05) is 52.0 Å². The minimum Gasteiger partial charge on any atom is -0.222 e. The predicted octanol–water partition coefficient (Wildman–Crippen LogP) is 2.63. The molecule has 0 atom stereocenters. The summed E-state index contributed by atoms with van der Waals surface area (Å²) in [5.41, 5.74) is 0.465. The first kappa shape index (κ1) is 23.0. The van der Waals surface area contributed by atoms with Gasteiger partial charge in [-0.05, 0) is 38.8 Å². The Labute approximate surface area is 139 Å². The third-order valence-corrected chi connectivity index (χ3v) is 2.93. The molecule has 0 spiro atoms. The van der Waals surface area contributed by atoms with Crippen LogP contribution in [0.2, 0.25) is 0 Å². The van der Waals surface area contributed by atoms with Gasteiger partial charge in [-0.1, -0.05) is 24.3 Å². The van der Waals surface area contributed by atoms with Gasteiger partial charge in [0, 0.05) is 0 Å². The molecule has 0 unspecified atom stereocenters. The third-order valence-electron chi connectivity index (χ3n) is 2.93. The number of hydrogen-bond donors (Lipinski definition) is 2. The third kappa shape index (κ3) is 8.25. The number of rotatable bonds is 4. The molecule has 0 fully saturated rings. The van der Waals surface area contributed by atoms with Crippen LogP contribution in [0.1, 0.15) is 38.8 Å². The lowest BCUT2D eigenvalue weighted by Gasteiger charge is -2.23. The molecule has 126 valence electrons. The molecule has 0 saturated carbocycles. The average molecular weight is 330 g/mol. The second-order valence-electron chi connectivity index (χ2n) is 5.31. The number of nitrogens with one attached hydrogen (secondary N) is 2. The molecule has 0 aliphatic rings. The van der Waals surface area contributed by atoms with E-state index in [0.29, 0.717) is 0 Å². The lowest BCUT2D eigenvalue weighted by atomic mass is 9.88. The summed E-state index contributed by atoms with van der Waals surface area (Å²) in [6.07, 6.45) is 4.66. The first-order valence-corrected chi connectivity index (χ1v) is 6.53. The van der Waals surface area contributed by atoms with Crippen molar-refractivity contribution in [1.82, 2.24) is 0 Å². The topological polar surface area (TPSA) is 141 Å². The number of aliphatic imine (C=N–C) groups is 2. The molecule has 0 radical (unpaired) electrons. The molecule has 1 aromatic rings. The zero-order chi connectivity index (χ0) is 19.2. The molecule has 0 aliphatic carbocycles. The molecule has 8 nitrogen and oxygen atoms in total. The summed E-state index contributed by atoms with van der Waals surface area (Å²) in [4.78, 5) is 45.1. The molecular weight excluding hydrogens is 312 g/mol. The van der Waals surface area contributed by atoms with E-state index < -0.39 is 11.1 Å². The zero-order valence-electron chi connectivity index (χ0n) is 13.8. The predicted molar refractivity (Wildman–Crippen MR) is 85.6 cm³/mol. The van der Waals surface area contributed by atoms with Crippen molar-refractivity contribution in [3.8, 4) is 0 Å². The number of nitrogens with zero attached hydrogens (tertiary/aromatic N) is 2. The Bertz CT molecular complexity index is 643. The van der Waals surface area contributed by atoms with Gasteiger partial charge in [-0.2, -0.15) is 9.98 Å². The molecule has 24 heavy (non-hydrogen) atoms. The van der Waals surface area contributed by atoms with Gasteiger partial charge >= 0.3 is 0 Å². The van der Waals surface area contributed by atoms with Crippen molar-refractivity contribution in [1.29, 1.82) is 10.8 Å². The highest BCUT2D eigenvalue weighted by Gasteiger charge is 2.24. The molecule has 1 aromatic carbocycles. The van der Waals surface area contributed by atoms with Crippen molar-refractivity contribution in [2.24, 2.45) is 9.98 Å². The summed E-state index contributed by atoms with van der Waals surface area (Å²) >= 11 is 0. The van der Waals surface area contributed by atoms with Crippen LogP contribution in [0.25, 0.3) is 0 Å². The second-order valence-corrected chi connectivity index (χ2v) is 5.31. The fraction of sp³-hybridized carbons (Fsp3) is 0.375. The highest BCUT2D eigenvalue weighted by atomic mass is 16.1. The summed E-state index contributed by atoms with van der Waals surface area (Å²) in [5, 5.41) is 10.8. The lowest BCUT2D eigenvalue weighted by molar-refractivity contribution is 0.512. The van der Waals surface area contributed by atoms with E-state index in [-0.39, 0.29) is 0 Å². The standard InChI is InChI=1S/C14H16N2O2.2CHNO/c1-13(2,15-9-17)11-6-5-7-12(8-11)14(3,4)16-10-18;2*2-1-3/h5-8H,1-4H3;2*2H. The molecule has 0 heterocycles. The van der Waals surface area contributed by atoms with E-state index in [1.165, 1.54) is 0 Å². The molecule has 0 amide bonds. The van der Waals surface area contributed by atoms with Gasteiger partial charge in [-0.25, -0.2) is 30.0 Å². The summed E-state index contributed by atoms with van der Waals surface area (Å²) in [7, 11) is 0. The van der Waals surface area contributed by atoms with Gasteiger partial charge in [0.05, 0.1) is 11.1 Å². The van der Waals surface area contributed by atoms with E-state index in [2.05, 4.69) is 9.98 Å². The Morgan fingerprint density at radius 2 is 1.08 bits per heavy atom. The van der Waals surface area contributed by atoms with Crippen molar-refractivity contribution >= 4 is 24.3 Å². The van der Waals surface area contributed by atoms with Gasteiger partial charge < -0.3 is 0 Å². The average Bonchev–Trinajstić information content (AvgIpc) is 2.49. The van der Waals surface area contributed by atoms with Crippen LogP contribution in [0.4, 0.5) is 0 Å². The second kappa shape index (κ2) is 11.3. The Hall–Kier alpha value is -3.26. The van der Waals surface area contributed by atoms with E-state index in [9.17, 15) is 9.59 Å². The maximum atomic E-state index is 10.4. The molecule has 0 saturated heterocycles. The Kier molecular flexibility index (Phi) is 10.9. The minimum absolute atomic E-state index is 0.640. The smallest absolute Gasteiger partial charge is 0.222 e. The van der Waals surface area contributed by atoms with E-state index in [1.54, 1.807) is 12.2 Å². The maximum Gasteiger partial charge on any atom is 0.235 e. The number of benzene rings is 1. The van der Waals surface area contributed by atoms with Crippen molar-refractivity contribution < 1.29 is 19.2 Å². The van der Waals surface area contributed by atoms with Crippen LogP contribution in [0.5, 0.6) is 0 Å². The minimum atomic E-state index is -0.640. The Balaban J connectivity index is 0. The summed E-state index contributed by atoms with van der Waals surface area (Å²) in [6, 6.07) is 7.51. The molecule has 0 bridgehead atoms. The molecule has 1 rings (SSSR count). The normalized spacial score (nSPS) is 9.17. The largest absolute Gasteiger partial charge is 0.235 e. The quantitative estimate of drug-likeness (QED) is 0.646. The van der Waals surface area contributed by atoms with E-state index in [0.717, 1.165) is 23.3 Å². The van der Waals surface area contributed by atoms with Crippen LogP contribution in [0, 0.1) is 10.8 Å². The summed E-state index contributed by atoms with van der Waals surface area (Å²) in [6.45, 7) is 7.31. The molecule has 2 N–H and O–H groups in total. The van der Waals surface area contributed by atoms with Gasteiger partial charge in [0.2, 0.25) is 24.3 Å². The fourth-order valence-corrected chi connectivity index (χ4v) is 1.64. The van der Waals surface area contributed by atoms with Crippen molar-refractivity contribution in [2.45, 2.75) is 38.8 Å². The Morgan fingerprint density at radius 1 is 0.792 bits per heavy atom. The van der Waals surface area contributed by atoms with Crippen LogP contribution in [0.15, 0.2) is 34.3 Å². The van der Waals surface area contributed by atoms with Crippen molar-refractivity contribution in [2.75, 3.05) is 0 Å². The van der Waals surface area contributed by atoms with E-state index in [4.69, 9.17) is 20.4 Å². The number of carbonyl (C=O) groups excluding carboxylic acids is 4. The van der Waals surface area contributed by atoms with Crippen LogP contribution >= 0.6 is 0 Å². The summed E-state index contributed by atoms with van der Waals surface area (Å²) in [5.74, 6) is 0. The monoisotopic (exact) mass is 330 g/mol. The van der Waals surface area contributed by atoms with Gasteiger partial charge in [-0.15, -0.1) is 0 Å². The zero-order valence-corrected chi connectivity index (χ0v) is 13.8. The van der Waals surface area contributed by atoms with Crippen molar-refractivity contribution in [3.63, 3.8) is 0 Å². The molecular formula is C16H18N4O4. The molecule has 8 heteroatoms. The number of hydrogen-bond acceptors (Lipinski definition) is 8. The van der Waals surface area contributed by atoms with Crippen LogP contribution in [-0.2, 0) is 30.3 Å². The van der Waals surface area contributed by atoms with Gasteiger partial charge in [0.1, 0.15) is 0 Å². The first-order valence-electron chi connectivity index (χ1n) is 6.53. The fourth-order valence-electron chi connectivity index (χ4n) is 1.64. The highest BCUT2D eigenvalue weighted by molar-refractivity contribution is 5.41. The molecule has 0 aromatic heterocycles. The van der Waals surface area contributed by atoms with Crippen molar-refractivity contribution in [3.05, 3.63) is 35.4 Å². The maximum absolute atomic E-state index is 10.4. The number of isocyanates is 4. The van der Waals surface area contributed by atoms with Gasteiger partial charge in [0.25, 0.3) is 0 Å². The summed E-state index contributed by atoms with van der Waals surface area (Å²) < 4.78 is 0. The lowest BCUT2D eigenvalue weighted by Crippen LogP contribution is -2.18. The van der Waals surface area contributed by atoms with Gasteiger partial charge in [0.15, 0.2) is 0 Å². The Morgan fingerprint density at radius 3 is 1.33 bits per heavy atom. The van der Waals surface area contributed by atoms with Crippen LogP contribution in [-0.4, -0.2) is 24.3 Å². The molecule has 0 aliphatic heterocycles. The van der Waals surface area contributed by atoms with E-state index >= 15 is 0 Å². The highest BCUT2D eigenvalue weighted by Crippen LogP contribution is 2.30. The van der Waals surface area contributed by atoms with Crippen LogP contribution < -0.4 is 0 Å². The van der Waals surface area contributed by atoms with Gasteiger partial charge in [-0.3, -0.25) is 0 Å². The SMILES string of the molecule is CC(C)(N=C=O)c1cccc(C(C)(C)N=C=O)c1.N=C=O.N=C=O.